The molecule has 80 valence electrons. The van der Waals surface area contributed by atoms with Crippen molar-refractivity contribution in [3.63, 3.8) is 0 Å². The predicted octanol–water partition coefficient (Wildman–Crippen LogP) is -1.50. The first kappa shape index (κ1) is 10.6. The van der Waals surface area contributed by atoms with Crippen molar-refractivity contribution in [3.8, 4) is 0 Å². The zero-order valence-corrected chi connectivity index (χ0v) is 8.41. The van der Waals surface area contributed by atoms with Gasteiger partial charge in [0.25, 0.3) is 0 Å². The van der Waals surface area contributed by atoms with Gasteiger partial charge in [0.2, 0.25) is 5.91 Å². The molecule has 1 atom stereocenters. The maximum absolute atomic E-state index is 10.8. The van der Waals surface area contributed by atoms with Gasteiger partial charge in [0.05, 0.1) is 12.3 Å². The van der Waals surface area contributed by atoms with Crippen LogP contribution < -0.4 is 16.8 Å². The van der Waals surface area contributed by atoms with Gasteiger partial charge in [-0.25, -0.2) is 0 Å². The van der Waals surface area contributed by atoms with E-state index in [9.17, 15) is 4.79 Å². The molecule has 0 aliphatic carbocycles. The summed E-state index contributed by atoms with van der Waals surface area (Å²) in [5, 5.41) is 2.91. The summed E-state index contributed by atoms with van der Waals surface area (Å²) in [4.78, 5) is 12.6. The number of carbonyl (C=O) groups excluding carboxylic acids is 1. The average molecular weight is 200 g/mol. The van der Waals surface area contributed by atoms with Crippen LogP contribution in [0.2, 0.25) is 0 Å². The smallest absolute Gasteiger partial charge is 0.239 e. The molecule has 1 aliphatic rings. The molecule has 5 N–H and O–H groups in total. The highest BCUT2D eigenvalue weighted by molar-refractivity contribution is 5.79. The lowest BCUT2D eigenvalue weighted by molar-refractivity contribution is -0.119. The number of hydrogen-bond donors (Lipinski definition) is 3. The van der Waals surface area contributed by atoms with E-state index in [1.807, 2.05) is 7.05 Å². The molecule has 0 aromatic heterocycles. The minimum absolute atomic E-state index is 0.383. The van der Waals surface area contributed by atoms with Gasteiger partial charge in [-0.05, 0) is 6.92 Å². The fourth-order valence-electron chi connectivity index (χ4n) is 1.11. The molecular formula is C8H16N4O2. The van der Waals surface area contributed by atoms with Gasteiger partial charge in [-0.15, -0.1) is 0 Å². The van der Waals surface area contributed by atoms with Crippen LogP contribution in [0.1, 0.15) is 6.92 Å². The van der Waals surface area contributed by atoms with Crippen molar-refractivity contribution >= 4 is 5.91 Å². The first-order chi connectivity index (χ1) is 6.52. The normalized spacial score (nSPS) is 19.4. The molecule has 0 saturated heterocycles. The largest absolute Gasteiger partial charge is 0.384 e. The van der Waals surface area contributed by atoms with E-state index in [4.69, 9.17) is 16.2 Å². The highest BCUT2D eigenvalue weighted by atomic mass is 16.5. The number of nitrogens with one attached hydrogen (secondary N) is 1. The van der Waals surface area contributed by atoms with Crippen molar-refractivity contribution in [3.05, 3.63) is 11.5 Å². The van der Waals surface area contributed by atoms with Crippen LogP contribution in [0.15, 0.2) is 11.5 Å². The molecule has 6 heteroatoms. The van der Waals surface area contributed by atoms with Gasteiger partial charge in [-0.1, -0.05) is 0 Å². The third-order valence-corrected chi connectivity index (χ3v) is 2.07. The molecule has 1 amide bonds. The Kier molecular flexibility index (Phi) is 3.19. The van der Waals surface area contributed by atoms with Gasteiger partial charge in [0.15, 0.2) is 0 Å². The molecule has 0 saturated carbocycles. The number of nitrogens with two attached hydrogens (primary N) is 2. The van der Waals surface area contributed by atoms with Crippen LogP contribution in [0, 0.1) is 0 Å². The zero-order chi connectivity index (χ0) is 10.7. The molecular weight excluding hydrogens is 184 g/mol. The summed E-state index contributed by atoms with van der Waals surface area (Å²) in [5.74, 6) is 0.169. The van der Waals surface area contributed by atoms with E-state index in [0.29, 0.717) is 24.9 Å². The lowest BCUT2D eigenvalue weighted by Crippen LogP contribution is -2.44. The van der Waals surface area contributed by atoms with Crippen LogP contribution in [-0.2, 0) is 9.53 Å². The van der Waals surface area contributed by atoms with E-state index in [2.05, 4.69) is 5.32 Å². The lowest BCUT2D eigenvalue weighted by atomic mass is 10.3. The predicted molar refractivity (Wildman–Crippen MR) is 51.6 cm³/mol. The number of rotatable bonds is 3. The molecule has 1 heterocycles. The number of hydrogen-bond acceptors (Lipinski definition) is 5. The van der Waals surface area contributed by atoms with E-state index in [1.54, 1.807) is 11.8 Å². The number of carbonyl (C=O) groups is 1. The third kappa shape index (κ3) is 2.29. The van der Waals surface area contributed by atoms with Crippen LogP contribution in [0.3, 0.4) is 0 Å². The molecule has 0 unspecified atom stereocenters. The molecule has 0 fully saturated rings. The molecule has 0 bridgehead atoms. The Labute approximate surface area is 82.9 Å². The molecule has 0 radical (unpaired) electrons. The molecule has 0 aromatic rings. The summed E-state index contributed by atoms with van der Waals surface area (Å²) in [5.41, 5.74) is 11.6. The Morgan fingerprint density at radius 2 is 2.36 bits per heavy atom. The van der Waals surface area contributed by atoms with Gasteiger partial charge in [-0.3, -0.25) is 4.79 Å². The van der Waals surface area contributed by atoms with Crippen molar-refractivity contribution in [2.24, 2.45) is 11.5 Å². The minimum Gasteiger partial charge on any atom is -0.384 e. The number of ether oxygens (including phenoxy) is 1. The SMILES string of the molecule is C[C@H](NC1=C(N)N(C)COC1)C(N)=O. The van der Waals surface area contributed by atoms with E-state index in [-0.39, 0.29) is 0 Å². The monoisotopic (exact) mass is 200 g/mol. The van der Waals surface area contributed by atoms with Crippen molar-refractivity contribution in [1.29, 1.82) is 0 Å². The van der Waals surface area contributed by atoms with Gasteiger partial charge < -0.3 is 26.4 Å². The van der Waals surface area contributed by atoms with E-state index in [1.165, 1.54) is 0 Å². The van der Waals surface area contributed by atoms with E-state index < -0.39 is 11.9 Å². The average Bonchev–Trinajstić information content (AvgIpc) is 2.12. The van der Waals surface area contributed by atoms with Crippen molar-refractivity contribution in [1.82, 2.24) is 10.2 Å². The summed E-state index contributed by atoms with van der Waals surface area (Å²) < 4.78 is 5.22. The van der Waals surface area contributed by atoms with Crippen LogP contribution in [0.4, 0.5) is 0 Å². The Morgan fingerprint density at radius 3 is 2.93 bits per heavy atom. The topological polar surface area (TPSA) is 93.6 Å². The van der Waals surface area contributed by atoms with Crippen molar-refractivity contribution in [2.45, 2.75) is 13.0 Å². The Bertz CT molecular complexity index is 264. The van der Waals surface area contributed by atoms with Crippen LogP contribution in [0.5, 0.6) is 0 Å². The summed E-state index contributed by atoms with van der Waals surface area (Å²) in [6, 6.07) is -0.446. The van der Waals surface area contributed by atoms with E-state index >= 15 is 0 Å². The number of primary amides is 1. The second-order valence-electron chi connectivity index (χ2n) is 3.31. The maximum Gasteiger partial charge on any atom is 0.239 e. The lowest BCUT2D eigenvalue weighted by Gasteiger charge is -2.29. The van der Waals surface area contributed by atoms with Gasteiger partial charge in [-0.2, -0.15) is 0 Å². The molecule has 0 aromatic carbocycles. The van der Waals surface area contributed by atoms with Crippen LogP contribution in [0.25, 0.3) is 0 Å². The molecule has 1 rings (SSSR count). The van der Waals surface area contributed by atoms with Gasteiger partial charge >= 0.3 is 0 Å². The Balaban J connectivity index is 2.67. The first-order valence-electron chi connectivity index (χ1n) is 4.35. The highest BCUT2D eigenvalue weighted by Gasteiger charge is 2.18. The standard InChI is InChI=1S/C8H16N4O2/c1-5(8(10)13)11-6-3-14-4-12(2)7(6)9/h5,11H,3-4,9H2,1-2H3,(H2,10,13)/t5-/m0/s1. The first-order valence-corrected chi connectivity index (χ1v) is 4.35. The number of amides is 1. The van der Waals surface area contributed by atoms with E-state index in [0.717, 1.165) is 0 Å². The number of nitrogens with zero attached hydrogens (tertiary/aromatic N) is 1. The second-order valence-corrected chi connectivity index (χ2v) is 3.31. The summed E-state index contributed by atoms with van der Waals surface area (Å²) in [7, 11) is 1.81. The fourth-order valence-corrected chi connectivity index (χ4v) is 1.11. The van der Waals surface area contributed by atoms with Crippen LogP contribution >= 0.6 is 0 Å². The summed E-state index contributed by atoms with van der Waals surface area (Å²) >= 11 is 0. The summed E-state index contributed by atoms with van der Waals surface area (Å²) in [6.07, 6.45) is 0. The fraction of sp³-hybridized carbons (Fsp3) is 0.625. The summed E-state index contributed by atoms with van der Waals surface area (Å²) in [6.45, 7) is 2.52. The zero-order valence-electron chi connectivity index (χ0n) is 8.41. The molecule has 6 nitrogen and oxygen atoms in total. The Morgan fingerprint density at radius 1 is 1.71 bits per heavy atom. The molecule has 1 aliphatic heterocycles. The molecule has 14 heavy (non-hydrogen) atoms. The molecule has 0 spiro atoms. The quantitative estimate of drug-likeness (QED) is 0.515. The Hall–Kier alpha value is -1.43. The minimum atomic E-state index is -0.446. The van der Waals surface area contributed by atoms with Gasteiger partial charge in [0, 0.05) is 7.05 Å². The third-order valence-electron chi connectivity index (χ3n) is 2.07. The van der Waals surface area contributed by atoms with Crippen molar-refractivity contribution in [2.75, 3.05) is 20.4 Å². The maximum atomic E-state index is 10.8. The second kappa shape index (κ2) is 4.19. The highest BCUT2D eigenvalue weighted by Crippen LogP contribution is 2.08. The van der Waals surface area contributed by atoms with Gasteiger partial charge in [0.1, 0.15) is 18.6 Å². The van der Waals surface area contributed by atoms with Crippen LogP contribution in [-0.4, -0.2) is 37.2 Å². The van der Waals surface area contributed by atoms with Crippen molar-refractivity contribution < 1.29 is 9.53 Å².